The fraction of sp³-hybridized carbons (Fsp3) is 0.292. The van der Waals surface area contributed by atoms with E-state index in [-0.39, 0.29) is 35.7 Å². The van der Waals surface area contributed by atoms with Crippen LogP contribution >= 0.6 is 0 Å². The monoisotopic (exact) mass is 530 g/mol. The first-order valence-corrected chi connectivity index (χ1v) is 12.8. The first-order valence-electron chi connectivity index (χ1n) is 11.3. The Morgan fingerprint density at radius 1 is 1.08 bits per heavy atom. The Morgan fingerprint density at radius 3 is 2.35 bits per heavy atom. The molecule has 3 aromatic rings. The maximum absolute atomic E-state index is 12.6. The van der Waals surface area contributed by atoms with Gasteiger partial charge in [-0.05, 0) is 48.9 Å². The molecule has 198 valence electrons. The summed E-state index contributed by atoms with van der Waals surface area (Å²) in [6, 6.07) is 9.39. The standard InChI is InChI=1S/C24H30N6O6S/c1-4-35-20-12-16(11-17-14-27-24(26)30-23(17)25)13-21(22(20)34-3)36-10-9-28-37(32,33)19-7-5-18(6-8-19)29-15(2)31/h5-8,12-14,28H,4,9-11H2,1-3H3,(H,29,31)(H4,25,26,27,30). The third kappa shape index (κ3) is 7.44. The molecule has 0 saturated carbocycles. The minimum absolute atomic E-state index is 0.00805. The van der Waals surface area contributed by atoms with Crippen LogP contribution in [0, 0.1) is 0 Å². The normalized spacial score (nSPS) is 11.1. The molecule has 0 aliphatic rings. The Morgan fingerprint density at radius 2 is 1.76 bits per heavy atom. The number of amides is 1. The molecule has 0 radical (unpaired) electrons. The van der Waals surface area contributed by atoms with Crippen molar-refractivity contribution in [1.82, 2.24) is 14.7 Å². The SMILES string of the molecule is CCOc1cc(Cc2cnc(N)nc2N)cc(OCCNS(=O)(=O)c2ccc(NC(C)=O)cc2)c1OC. The second-order valence-corrected chi connectivity index (χ2v) is 9.59. The highest BCUT2D eigenvalue weighted by atomic mass is 32.2. The molecular formula is C24H30N6O6S. The molecule has 12 nitrogen and oxygen atoms in total. The first-order chi connectivity index (χ1) is 17.6. The summed E-state index contributed by atoms with van der Waals surface area (Å²) in [6.45, 7) is 3.62. The van der Waals surface area contributed by atoms with Crippen LogP contribution in [0.4, 0.5) is 17.5 Å². The number of sulfonamides is 1. The van der Waals surface area contributed by atoms with Crippen LogP contribution in [-0.2, 0) is 21.2 Å². The van der Waals surface area contributed by atoms with Gasteiger partial charge in [-0.1, -0.05) is 0 Å². The Balaban J connectivity index is 1.71. The van der Waals surface area contributed by atoms with Gasteiger partial charge in [0, 0.05) is 37.3 Å². The zero-order chi connectivity index (χ0) is 27.0. The number of nitrogens with one attached hydrogen (secondary N) is 2. The number of methoxy groups -OCH3 is 1. The quantitative estimate of drug-likeness (QED) is 0.253. The van der Waals surface area contributed by atoms with Crippen molar-refractivity contribution in [2.75, 3.05) is 43.7 Å². The molecule has 0 saturated heterocycles. The molecule has 1 aromatic heterocycles. The van der Waals surface area contributed by atoms with Crippen molar-refractivity contribution in [3.63, 3.8) is 0 Å². The summed E-state index contributed by atoms with van der Waals surface area (Å²) >= 11 is 0. The van der Waals surface area contributed by atoms with Crippen molar-refractivity contribution < 1.29 is 27.4 Å². The second kappa shape index (κ2) is 12.2. The lowest BCUT2D eigenvalue weighted by atomic mass is 10.1. The number of nitrogens with two attached hydrogens (primary N) is 2. The number of nitrogen functional groups attached to an aromatic ring is 2. The third-order valence-corrected chi connectivity index (χ3v) is 6.51. The van der Waals surface area contributed by atoms with Gasteiger partial charge in [0.15, 0.2) is 11.5 Å². The fourth-order valence-corrected chi connectivity index (χ4v) is 4.45. The Kier molecular flexibility index (Phi) is 9.09. The van der Waals surface area contributed by atoms with Crippen LogP contribution in [0.3, 0.4) is 0 Å². The second-order valence-electron chi connectivity index (χ2n) is 7.83. The van der Waals surface area contributed by atoms with Gasteiger partial charge in [-0.2, -0.15) is 4.98 Å². The Labute approximate surface area is 215 Å². The number of benzene rings is 2. The Hall–Kier alpha value is -4.10. The van der Waals surface area contributed by atoms with Crippen LogP contribution in [0.1, 0.15) is 25.0 Å². The van der Waals surface area contributed by atoms with E-state index in [0.29, 0.717) is 41.5 Å². The average Bonchev–Trinajstić information content (AvgIpc) is 2.84. The Bertz CT molecular complexity index is 1350. The fourth-order valence-electron chi connectivity index (χ4n) is 3.44. The smallest absolute Gasteiger partial charge is 0.240 e. The number of nitrogens with zero attached hydrogens (tertiary/aromatic N) is 2. The summed E-state index contributed by atoms with van der Waals surface area (Å²) in [4.78, 5) is 19.2. The predicted molar refractivity (Wildman–Crippen MR) is 139 cm³/mol. The lowest BCUT2D eigenvalue weighted by molar-refractivity contribution is -0.114. The van der Waals surface area contributed by atoms with Gasteiger partial charge in [-0.15, -0.1) is 0 Å². The maximum Gasteiger partial charge on any atom is 0.240 e. The van der Waals surface area contributed by atoms with Crippen molar-refractivity contribution >= 4 is 33.4 Å². The van der Waals surface area contributed by atoms with Crippen LogP contribution in [0.2, 0.25) is 0 Å². The molecule has 0 fully saturated rings. The predicted octanol–water partition coefficient (Wildman–Crippen LogP) is 1.95. The molecule has 0 aliphatic heterocycles. The van der Waals surface area contributed by atoms with Gasteiger partial charge in [0.1, 0.15) is 12.4 Å². The van der Waals surface area contributed by atoms with Crippen LogP contribution in [0.25, 0.3) is 0 Å². The molecule has 13 heteroatoms. The number of rotatable bonds is 12. The van der Waals surface area contributed by atoms with Crippen LogP contribution in [0.15, 0.2) is 47.5 Å². The van der Waals surface area contributed by atoms with Crippen molar-refractivity contribution in [3.05, 3.63) is 53.7 Å². The van der Waals surface area contributed by atoms with E-state index in [0.717, 1.165) is 5.56 Å². The molecule has 0 aliphatic carbocycles. The van der Waals surface area contributed by atoms with E-state index >= 15 is 0 Å². The van der Waals surface area contributed by atoms with E-state index in [1.54, 1.807) is 18.3 Å². The molecular weight excluding hydrogens is 500 g/mol. The number of carbonyl (C=O) groups is 1. The van der Waals surface area contributed by atoms with Gasteiger partial charge in [0.25, 0.3) is 0 Å². The number of aromatic nitrogens is 2. The number of carbonyl (C=O) groups excluding carboxylic acids is 1. The molecule has 0 atom stereocenters. The van der Waals surface area contributed by atoms with Crippen LogP contribution in [0.5, 0.6) is 17.2 Å². The van der Waals surface area contributed by atoms with E-state index in [9.17, 15) is 13.2 Å². The molecule has 1 heterocycles. The number of hydrogen-bond acceptors (Lipinski definition) is 10. The first kappa shape index (κ1) is 27.5. The van der Waals surface area contributed by atoms with E-state index < -0.39 is 10.0 Å². The van der Waals surface area contributed by atoms with Crippen molar-refractivity contribution in [2.24, 2.45) is 0 Å². The van der Waals surface area contributed by atoms with Crippen LogP contribution < -0.4 is 35.7 Å². The number of hydrogen-bond donors (Lipinski definition) is 4. The van der Waals surface area contributed by atoms with E-state index in [1.165, 1.54) is 38.3 Å². The van der Waals surface area contributed by atoms with Crippen molar-refractivity contribution in [3.8, 4) is 17.2 Å². The van der Waals surface area contributed by atoms with Gasteiger partial charge in [0.05, 0.1) is 18.6 Å². The summed E-state index contributed by atoms with van der Waals surface area (Å²) in [7, 11) is -2.30. The molecule has 3 rings (SSSR count). The lowest BCUT2D eigenvalue weighted by Crippen LogP contribution is -2.28. The van der Waals surface area contributed by atoms with E-state index in [2.05, 4.69) is 20.0 Å². The highest BCUT2D eigenvalue weighted by Crippen LogP contribution is 2.39. The van der Waals surface area contributed by atoms with Gasteiger partial charge in [-0.25, -0.2) is 18.1 Å². The minimum Gasteiger partial charge on any atom is -0.490 e. The van der Waals surface area contributed by atoms with Gasteiger partial charge in [-0.3, -0.25) is 4.79 Å². The molecule has 0 spiro atoms. The number of anilines is 3. The lowest BCUT2D eigenvalue weighted by Gasteiger charge is -2.17. The van der Waals surface area contributed by atoms with Gasteiger partial charge >= 0.3 is 0 Å². The van der Waals surface area contributed by atoms with Gasteiger partial charge in [0.2, 0.25) is 27.6 Å². The average molecular weight is 531 g/mol. The van der Waals surface area contributed by atoms with E-state index in [1.807, 2.05) is 6.92 Å². The highest BCUT2D eigenvalue weighted by Gasteiger charge is 2.17. The summed E-state index contributed by atoms with van der Waals surface area (Å²) in [5, 5.41) is 2.59. The maximum atomic E-state index is 12.6. The van der Waals surface area contributed by atoms with Crippen LogP contribution in [-0.4, -0.2) is 51.2 Å². The summed E-state index contributed by atoms with van der Waals surface area (Å²) in [6.07, 6.45) is 1.94. The largest absolute Gasteiger partial charge is 0.490 e. The van der Waals surface area contributed by atoms with E-state index in [4.69, 9.17) is 25.7 Å². The summed E-state index contributed by atoms with van der Waals surface area (Å²) < 4.78 is 44.8. The van der Waals surface area contributed by atoms with Crippen molar-refractivity contribution in [2.45, 2.75) is 25.2 Å². The molecule has 37 heavy (non-hydrogen) atoms. The zero-order valence-corrected chi connectivity index (χ0v) is 21.6. The third-order valence-electron chi connectivity index (χ3n) is 5.03. The molecule has 6 N–H and O–H groups in total. The molecule has 1 amide bonds. The van der Waals surface area contributed by atoms with Crippen molar-refractivity contribution in [1.29, 1.82) is 0 Å². The molecule has 0 bridgehead atoms. The minimum atomic E-state index is -3.79. The van der Waals surface area contributed by atoms with Gasteiger partial charge < -0.3 is 31.0 Å². The topological polar surface area (TPSA) is 181 Å². The number of ether oxygens (including phenoxy) is 3. The zero-order valence-electron chi connectivity index (χ0n) is 20.8. The summed E-state index contributed by atoms with van der Waals surface area (Å²) in [5.41, 5.74) is 13.5. The highest BCUT2D eigenvalue weighted by molar-refractivity contribution is 7.89. The molecule has 0 unspecified atom stereocenters. The summed E-state index contributed by atoms with van der Waals surface area (Å²) in [5.74, 6) is 1.32. The molecule has 2 aromatic carbocycles.